The number of ether oxygens (including phenoxy) is 1. The first-order chi connectivity index (χ1) is 12.3. The van der Waals surface area contributed by atoms with E-state index in [9.17, 15) is 4.79 Å². The van der Waals surface area contributed by atoms with Gasteiger partial charge in [0.05, 0.1) is 0 Å². The minimum absolute atomic E-state index is 0.129. The maximum absolute atomic E-state index is 12.7. The van der Waals surface area contributed by atoms with Gasteiger partial charge in [0.2, 0.25) is 0 Å². The number of carbonyl (C=O) groups is 1. The third-order valence-electron chi connectivity index (χ3n) is 5.19. The summed E-state index contributed by atoms with van der Waals surface area (Å²) in [5.41, 5.74) is 4.01. The number of hydrogen-bond acceptors (Lipinski definition) is 2. The van der Waals surface area contributed by atoms with E-state index in [0.29, 0.717) is 0 Å². The van der Waals surface area contributed by atoms with Crippen LogP contribution in [0.25, 0.3) is 0 Å². The molecule has 1 saturated carbocycles. The standard InChI is InChI=1S/C22H23NO2/c24-22(23-15-13-18(14-16-23)17-5-4-6-17)19-9-11-21(12-10-19)25-20-7-2-1-3-8-20/h1-3,7-12H,4-6,13-16H2. The minimum Gasteiger partial charge on any atom is -0.457 e. The Kier molecular flexibility index (Phi) is 4.55. The monoisotopic (exact) mass is 333 g/mol. The van der Waals surface area contributed by atoms with Gasteiger partial charge in [-0.1, -0.05) is 29.3 Å². The number of amides is 1. The SMILES string of the molecule is O=C(c1ccc(Oc2ccccc2)cc1)N1CCC(=C2CCC2)CC1. The van der Waals surface area contributed by atoms with E-state index in [0.717, 1.165) is 43.0 Å². The van der Waals surface area contributed by atoms with Crippen LogP contribution in [0.2, 0.25) is 0 Å². The summed E-state index contributed by atoms with van der Waals surface area (Å²) in [6.45, 7) is 1.69. The van der Waals surface area contributed by atoms with Gasteiger partial charge in [0.25, 0.3) is 5.91 Å². The molecular formula is C22H23NO2. The highest BCUT2D eigenvalue weighted by Crippen LogP contribution is 2.33. The number of rotatable bonds is 3. The van der Waals surface area contributed by atoms with Gasteiger partial charge < -0.3 is 9.64 Å². The Balaban J connectivity index is 1.37. The first-order valence-electron chi connectivity index (χ1n) is 9.11. The highest BCUT2D eigenvalue weighted by atomic mass is 16.5. The number of allylic oxidation sites excluding steroid dienone is 1. The van der Waals surface area contributed by atoms with Gasteiger partial charge in [-0.05, 0) is 68.5 Å². The van der Waals surface area contributed by atoms with Crippen molar-refractivity contribution in [3.8, 4) is 11.5 Å². The predicted molar refractivity (Wildman–Crippen MR) is 99.0 cm³/mol. The normalized spacial score (nSPS) is 17.2. The number of hydrogen-bond donors (Lipinski definition) is 0. The quantitative estimate of drug-likeness (QED) is 0.723. The van der Waals surface area contributed by atoms with Crippen LogP contribution in [0.4, 0.5) is 0 Å². The molecule has 1 aliphatic heterocycles. The van der Waals surface area contributed by atoms with Crippen LogP contribution in [0.5, 0.6) is 11.5 Å². The molecule has 0 spiro atoms. The first-order valence-corrected chi connectivity index (χ1v) is 9.11. The van der Waals surface area contributed by atoms with Crippen molar-refractivity contribution in [2.75, 3.05) is 13.1 Å². The third kappa shape index (κ3) is 3.60. The van der Waals surface area contributed by atoms with Gasteiger partial charge in [0.1, 0.15) is 11.5 Å². The molecule has 2 aromatic carbocycles. The number of para-hydroxylation sites is 1. The summed E-state index contributed by atoms with van der Waals surface area (Å²) in [4.78, 5) is 14.7. The second-order valence-electron chi connectivity index (χ2n) is 6.79. The zero-order valence-electron chi connectivity index (χ0n) is 14.4. The third-order valence-corrected chi connectivity index (χ3v) is 5.19. The Morgan fingerprint density at radius 2 is 1.36 bits per heavy atom. The van der Waals surface area contributed by atoms with Crippen molar-refractivity contribution in [3.05, 3.63) is 71.3 Å². The highest BCUT2D eigenvalue weighted by molar-refractivity contribution is 5.94. The van der Waals surface area contributed by atoms with Crippen molar-refractivity contribution < 1.29 is 9.53 Å². The van der Waals surface area contributed by atoms with Crippen LogP contribution in [0.3, 0.4) is 0 Å². The number of carbonyl (C=O) groups excluding carboxylic acids is 1. The molecule has 0 atom stereocenters. The van der Waals surface area contributed by atoms with E-state index in [4.69, 9.17) is 4.74 Å². The molecule has 1 heterocycles. The molecule has 1 saturated heterocycles. The fourth-order valence-corrected chi connectivity index (χ4v) is 3.51. The summed E-state index contributed by atoms with van der Waals surface area (Å²) < 4.78 is 5.79. The zero-order chi connectivity index (χ0) is 17.1. The molecule has 0 bridgehead atoms. The number of benzene rings is 2. The van der Waals surface area contributed by atoms with E-state index >= 15 is 0 Å². The largest absolute Gasteiger partial charge is 0.457 e. The molecule has 0 unspecified atom stereocenters. The zero-order valence-corrected chi connectivity index (χ0v) is 14.4. The van der Waals surface area contributed by atoms with E-state index in [-0.39, 0.29) is 5.91 Å². The summed E-state index contributed by atoms with van der Waals surface area (Å²) in [6.07, 6.45) is 6.02. The van der Waals surface area contributed by atoms with Crippen molar-refractivity contribution >= 4 is 5.91 Å². The number of likely N-dealkylation sites (tertiary alicyclic amines) is 1. The van der Waals surface area contributed by atoms with E-state index in [1.807, 2.05) is 59.5 Å². The molecule has 25 heavy (non-hydrogen) atoms. The van der Waals surface area contributed by atoms with Crippen molar-refractivity contribution in [3.63, 3.8) is 0 Å². The van der Waals surface area contributed by atoms with Crippen molar-refractivity contribution in [2.24, 2.45) is 0 Å². The smallest absolute Gasteiger partial charge is 0.253 e. The highest BCUT2D eigenvalue weighted by Gasteiger charge is 2.23. The summed E-state index contributed by atoms with van der Waals surface area (Å²) in [6, 6.07) is 17.1. The van der Waals surface area contributed by atoms with Crippen LogP contribution in [-0.4, -0.2) is 23.9 Å². The molecule has 128 valence electrons. The minimum atomic E-state index is 0.129. The molecule has 1 aliphatic carbocycles. The number of nitrogens with zero attached hydrogens (tertiary/aromatic N) is 1. The van der Waals surface area contributed by atoms with Crippen LogP contribution in [0.15, 0.2) is 65.7 Å². The molecule has 3 nitrogen and oxygen atoms in total. The lowest BCUT2D eigenvalue weighted by Crippen LogP contribution is -2.36. The second-order valence-corrected chi connectivity index (χ2v) is 6.79. The van der Waals surface area contributed by atoms with E-state index < -0.39 is 0 Å². The van der Waals surface area contributed by atoms with Gasteiger partial charge >= 0.3 is 0 Å². The maximum atomic E-state index is 12.7. The van der Waals surface area contributed by atoms with Crippen LogP contribution in [0.1, 0.15) is 42.5 Å². The van der Waals surface area contributed by atoms with Gasteiger partial charge in [-0.25, -0.2) is 0 Å². The Hall–Kier alpha value is -2.55. The Bertz CT molecular complexity index is 761. The summed E-state index contributed by atoms with van der Waals surface area (Å²) in [7, 11) is 0. The van der Waals surface area contributed by atoms with E-state index in [1.54, 1.807) is 11.1 Å². The molecule has 0 N–H and O–H groups in total. The van der Waals surface area contributed by atoms with Gasteiger partial charge in [0, 0.05) is 18.7 Å². The molecule has 0 radical (unpaired) electrons. The molecule has 1 amide bonds. The first kappa shape index (κ1) is 15.9. The summed E-state index contributed by atoms with van der Waals surface area (Å²) in [5.74, 6) is 1.68. The lowest BCUT2D eigenvalue weighted by atomic mass is 9.84. The lowest BCUT2D eigenvalue weighted by Gasteiger charge is -2.32. The van der Waals surface area contributed by atoms with Gasteiger partial charge in [0.15, 0.2) is 0 Å². The number of piperidine rings is 1. The van der Waals surface area contributed by atoms with Crippen molar-refractivity contribution in [1.29, 1.82) is 0 Å². The van der Waals surface area contributed by atoms with Gasteiger partial charge in [-0.3, -0.25) is 4.79 Å². The Morgan fingerprint density at radius 3 is 1.96 bits per heavy atom. The fourth-order valence-electron chi connectivity index (χ4n) is 3.51. The van der Waals surface area contributed by atoms with Crippen LogP contribution in [-0.2, 0) is 0 Å². The predicted octanol–water partition coefficient (Wildman–Crippen LogP) is 5.20. The maximum Gasteiger partial charge on any atom is 0.253 e. The Labute approximate surface area is 148 Å². The average molecular weight is 333 g/mol. The fraction of sp³-hybridized carbons (Fsp3) is 0.318. The summed E-state index contributed by atoms with van der Waals surface area (Å²) >= 11 is 0. The topological polar surface area (TPSA) is 29.5 Å². The molecule has 2 aromatic rings. The van der Waals surface area contributed by atoms with Crippen LogP contribution >= 0.6 is 0 Å². The molecule has 2 fully saturated rings. The summed E-state index contributed by atoms with van der Waals surface area (Å²) in [5, 5.41) is 0. The van der Waals surface area contributed by atoms with Crippen molar-refractivity contribution in [1.82, 2.24) is 4.90 Å². The molecular weight excluding hydrogens is 310 g/mol. The second kappa shape index (κ2) is 7.14. The van der Waals surface area contributed by atoms with E-state index in [1.165, 1.54) is 19.3 Å². The molecule has 4 rings (SSSR count). The van der Waals surface area contributed by atoms with Crippen LogP contribution in [0, 0.1) is 0 Å². The van der Waals surface area contributed by atoms with Gasteiger partial charge in [-0.2, -0.15) is 0 Å². The lowest BCUT2D eigenvalue weighted by molar-refractivity contribution is 0.0742. The molecule has 0 aromatic heterocycles. The Morgan fingerprint density at radius 1 is 0.760 bits per heavy atom. The van der Waals surface area contributed by atoms with Gasteiger partial charge in [-0.15, -0.1) is 0 Å². The molecule has 2 aliphatic rings. The van der Waals surface area contributed by atoms with E-state index in [2.05, 4.69) is 0 Å². The molecule has 3 heteroatoms. The van der Waals surface area contributed by atoms with Crippen LogP contribution < -0.4 is 4.74 Å². The van der Waals surface area contributed by atoms with Crippen molar-refractivity contribution in [2.45, 2.75) is 32.1 Å². The average Bonchev–Trinajstić information content (AvgIpc) is 2.62.